The Hall–Kier alpha value is -2.23. The zero-order valence-corrected chi connectivity index (χ0v) is 10.6. The lowest BCUT2D eigenvalue weighted by Gasteiger charge is -2.06. The second-order valence-electron chi connectivity index (χ2n) is 4.29. The lowest BCUT2D eigenvalue weighted by Crippen LogP contribution is -2.04. The van der Waals surface area contributed by atoms with Crippen LogP contribution < -0.4 is 0 Å². The first-order chi connectivity index (χ1) is 9.10. The minimum atomic E-state index is -1.06. The molecule has 0 saturated carbocycles. The Bertz CT molecular complexity index is 594. The van der Waals surface area contributed by atoms with Crippen molar-refractivity contribution in [1.29, 1.82) is 0 Å². The molecule has 19 heavy (non-hydrogen) atoms. The second kappa shape index (κ2) is 5.61. The molecule has 0 fully saturated rings. The molecule has 0 aliphatic heterocycles. The summed E-state index contributed by atoms with van der Waals surface area (Å²) in [5, 5.41) is 9.07. The molecule has 0 unspecified atom stereocenters. The van der Waals surface area contributed by atoms with Crippen LogP contribution in [0.25, 0.3) is 0 Å². The van der Waals surface area contributed by atoms with Gasteiger partial charge in [-0.15, -0.1) is 0 Å². The minimum Gasteiger partial charge on any atom is -0.478 e. The Morgan fingerprint density at radius 1 is 1.32 bits per heavy atom. The van der Waals surface area contributed by atoms with Crippen LogP contribution in [0.2, 0.25) is 0 Å². The summed E-state index contributed by atoms with van der Waals surface area (Å²) in [6, 6.07) is 7.48. The van der Waals surface area contributed by atoms with Crippen LogP contribution in [-0.2, 0) is 12.8 Å². The van der Waals surface area contributed by atoms with Gasteiger partial charge in [0.05, 0.1) is 5.56 Å². The van der Waals surface area contributed by atoms with Crippen LogP contribution in [-0.4, -0.2) is 16.1 Å². The quantitative estimate of drug-likeness (QED) is 0.918. The summed E-state index contributed by atoms with van der Waals surface area (Å²) in [7, 11) is 0. The fraction of sp³-hybridized carbons (Fsp3) is 0.200. The first-order valence-corrected chi connectivity index (χ1v) is 6.05. The Morgan fingerprint density at radius 3 is 2.68 bits per heavy atom. The van der Waals surface area contributed by atoms with Crippen molar-refractivity contribution in [3.05, 3.63) is 64.7 Å². The Balaban J connectivity index is 2.31. The van der Waals surface area contributed by atoms with Gasteiger partial charge < -0.3 is 5.11 Å². The molecule has 2 rings (SSSR count). The van der Waals surface area contributed by atoms with Crippen molar-refractivity contribution in [2.45, 2.75) is 19.8 Å². The zero-order valence-electron chi connectivity index (χ0n) is 10.6. The first kappa shape index (κ1) is 13.2. The highest BCUT2D eigenvalue weighted by Crippen LogP contribution is 2.15. The van der Waals surface area contributed by atoms with Gasteiger partial charge in [0, 0.05) is 18.3 Å². The van der Waals surface area contributed by atoms with E-state index in [1.54, 1.807) is 6.20 Å². The van der Waals surface area contributed by atoms with Crippen LogP contribution in [0.4, 0.5) is 4.39 Å². The average Bonchev–Trinajstić information content (AvgIpc) is 2.39. The summed E-state index contributed by atoms with van der Waals surface area (Å²) in [5.74, 6) is -1.50. The Kier molecular flexibility index (Phi) is 3.90. The van der Waals surface area contributed by atoms with E-state index in [1.165, 1.54) is 12.1 Å². The molecule has 3 nitrogen and oxygen atoms in total. The van der Waals surface area contributed by atoms with E-state index in [0.29, 0.717) is 12.0 Å². The number of carboxylic acid groups (broad SMARTS) is 1. The van der Waals surface area contributed by atoms with Crippen molar-refractivity contribution < 1.29 is 14.3 Å². The molecule has 0 bridgehead atoms. The molecular weight excluding hydrogens is 245 g/mol. The molecule has 0 amide bonds. The largest absolute Gasteiger partial charge is 0.478 e. The maximum Gasteiger partial charge on any atom is 0.335 e. The number of carboxylic acids is 1. The third-order valence-corrected chi connectivity index (χ3v) is 2.96. The van der Waals surface area contributed by atoms with Crippen LogP contribution in [0.15, 0.2) is 36.5 Å². The van der Waals surface area contributed by atoms with Crippen molar-refractivity contribution in [3.8, 4) is 0 Å². The van der Waals surface area contributed by atoms with Crippen molar-refractivity contribution in [3.63, 3.8) is 0 Å². The van der Waals surface area contributed by atoms with E-state index < -0.39 is 11.8 Å². The van der Waals surface area contributed by atoms with Gasteiger partial charge in [-0.05, 0) is 41.8 Å². The van der Waals surface area contributed by atoms with Gasteiger partial charge in [-0.3, -0.25) is 4.98 Å². The number of aryl methyl sites for hydroxylation is 1. The number of pyridine rings is 1. The Morgan fingerprint density at radius 2 is 2.11 bits per heavy atom. The predicted octanol–water partition coefficient (Wildman–Crippen LogP) is 3.07. The summed E-state index contributed by atoms with van der Waals surface area (Å²) in [6.45, 7) is 2.03. The molecule has 0 saturated heterocycles. The predicted molar refractivity (Wildman–Crippen MR) is 69.8 cm³/mol. The number of halogens is 1. The van der Waals surface area contributed by atoms with Gasteiger partial charge in [0.2, 0.25) is 0 Å². The van der Waals surface area contributed by atoms with E-state index in [9.17, 15) is 9.18 Å². The van der Waals surface area contributed by atoms with E-state index in [2.05, 4.69) is 4.98 Å². The molecule has 0 radical (unpaired) electrons. The van der Waals surface area contributed by atoms with Gasteiger partial charge in [0.15, 0.2) is 0 Å². The van der Waals surface area contributed by atoms with Crippen LogP contribution >= 0.6 is 0 Å². The van der Waals surface area contributed by atoms with Gasteiger partial charge >= 0.3 is 5.97 Å². The number of rotatable bonds is 4. The highest BCUT2D eigenvalue weighted by atomic mass is 19.1. The number of nitrogens with zero attached hydrogens (tertiary/aromatic N) is 1. The summed E-state index contributed by atoms with van der Waals surface area (Å²) < 4.78 is 13.2. The SMILES string of the molecule is CCc1ccc(Cc2cc(F)ccc2C(=O)O)nc1. The monoisotopic (exact) mass is 259 g/mol. The summed E-state index contributed by atoms with van der Waals surface area (Å²) in [4.78, 5) is 15.3. The highest BCUT2D eigenvalue weighted by molar-refractivity contribution is 5.89. The molecule has 2 aromatic rings. The standard InChI is InChI=1S/C15H14FNO2/c1-2-10-3-5-13(17-9-10)8-11-7-12(16)4-6-14(11)15(18)19/h3-7,9H,2,8H2,1H3,(H,18,19). The number of benzene rings is 1. The highest BCUT2D eigenvalue weighted by Gasteiger charge is 2.11. The molecule has 0 aliphatic rings. The molecule has 4 heteroatoms. The lowest BCUT2D eigenvalue weighted by molar-refractivity contribution is 0.0696. The minimum absolute atomic E-state index is 0.114. The molecule has 0 aliphatic carbocycles. The number of aromatic carboxylic acids is 1. The van der Waals surface area contributed by atoms with Crippen molar-refractivity contribution in [2.75, 3.05) is 0 Å². The van der Waals surface area contributed by atoms with Crippen LogP contribution in [0.5, 0.6) is 0 Å². The zero-order chi connectivity index (χ0) is 13.8. The summed E-state index contributed by atoms with van der Waals surface area (Å²) in [5.41, 5.74) is 2.39. The van der Waals surface area contributed by atoms with Crippen molar-refractivity contribution >= 4 is 5.97 Å². The number of hydrogen-bond donors (Lipinski definition) is 1. The van der Waals surface area contributed by atoms with Crippen molar-refractivity contribution in [1.82, 2.24) is 4.98 Å². The van der Waals surface area contributed by atoms with Gasteiger partial charge in [-0.2, -0.15) is 0 Å². The summed E-state index contributed by atoms with van der Waals surface area (Å²) >= 11 is 0. The third-order valence-electron chi connectivity index (χ3n) is 2.96. The molecule has 1 aromatic carbocycles. The molecule has 0 atom stereocenters. The topological polar surface area (TPSA) is 50.2 Å². The van der Waals surface area contributed by atoms with Gasteiger partial charge in [-0.25, -0.2) is 9.18 Å². The second-order valence-corrected chi connectivity index (χ2v) is 4.29. The maximum absolute atomic E-state index is 13.2. The van der Waals surface area contributed by atoms with E-state index >= 15 is 0 Å². The number of hydrogen-bond acceptors (Lipinski definition) is 2. The number of aromatic nitrogens is 1. The van der Waals surface area contributed by atoms with E-state index in [1.807, 2.05) is 19.1 Å². The fourth-order valence-electron chi connectivity index (χ4n) is 1.88. The van der Waals surface area contributed by atoms with Crippen LogP contribution in [0, 0.1) is 5.82 Å². The molecule has 1 aromatic heterocycles. The fourth-order valence-corrected chi connectivity index (χ4v) is 1.88. The average molecular weight is 259 g/mol. The molecule has 1 N–H and O–H groups in total. The van der Waals surface area contributed by atoms with Crippen molar-refractivity contribution in [2.24, 2.45) is 0 Å². The molecule has 98 valence electrons. The van der Waals surface area contributed by atoms with E-state index in [4.69, 9.17) is 5.11 Å². The number of carbonyl (C=O) groups is 1. The third kappa shape index (κ3) is 3.16. The van der Waals surface area contributed by atoms with Gasteiger partial charge in [-0.1, -0.05) is 13.0 Å². The molecular formula is C15H14FNO2. The smallest absolute Gasteiger partial charge is 0.335 e. The maximum atomic E-state index is 13.2. The Labute approximate surface area is 110 Å². The molecule has 0 spiro atoms. The van der Waals surface area contributed by atoms with E-state index in [-0.39, 0.29) is 5.56 Å². The van der Waals surface area contributed by atoms with Crippen LogP contribution in [0.1, 0.15) is 34.1 Å². The van der Waals surface area contributed by atoms with Gasteiger partial charge in [0.1, 0.15) is 5.82 Å². The first-order valence-electron chi connectivity index (χ1n) is 6.05. The summed E-state index contributed by atoms with van der Waals surface area (Å²) in [6.07, 6.45) is 2.96. The van der Waals surface area contributed by atoms with Gasteiger partial charge in [0.25, 0.3) is 0 Å². The van der Waals surface area contributed by atoms with Crippen LogP contribution in [0.3, 0.4) is 0 Å². The normalized spacial score (nSPS) is 10.4. The molecule has 1 heterocycles. The van der Waals surface area contributed by atoms with E-state index in [0.717, 1.165) is 23.7 Å². The lowest BCUT2D eigenvalue weighted by atomic mass is 10.0.